The van der Waals surface area contributed by atoms with Crippen LogP contribution in [0.3, 0.4) is 0 Å². The van der Waals surface area contributed by atoms with E-state index in [4.69, 9.17) is 4.74 Å². The van der Waals surface area contributed by atoms with Gasteiger partial charge >= 0.3 is 5.69 Å². The summed E-state index contributed by atoms with van der Waals surface area (Å²) in [6, 6.07) is 4.64. The van der Waals surface area contributed by atoms with E-state index in [1.807, 2.05) is 6.92 Å². The van der Waals surface area contributed by atoms with Crippen LogP contribution in [0.5, 0.6) is 5.75 Å². The van der Waals surface area contributed by atoms with Gasteiger partial charge < -0.3 is 10.1 Å². The molecule has 0 aliphatic heterocycles. The van der Waals surface area contributed by atoms with E-state index in [2.05, 4.69) is 21.2 Å². The first kappa shape index (κ1) is 12.9. The monoisotopic (exact) mass is 288 g/mol. The van der Waals surface area contributed by atoms with Crippen molar-refractivity contribution in [2.24, 2.45) is 0 Å². The molecule has 0 saturated carbocycles. The number of nitrogens with zero attached hydrogens (tertiary/aromatic N) is 1. The van der Waals surface area contributed by atoms with Gasteiger partial charge in [0.2, 0.25) is 0 Å². The largest absolute Gasteiger partial charge is 0.482 e. The van der Waals surface area contributed by atoms with Gasteiger partial charge in [-0.2, -0.15) is 0 Å². The predicted molar refractivity (Wildman–Crippen MR) is 64.8 cm³/mol. The molecule has 0 amide bonds. The zero-order valence-electron chi connectivity index (χ0n) is 9.07. The number of ether oxygens (including phenoxy) is 1. The van der Waals surface area contributed by atoms with Crippen molar-refractivity contribution in [2.45, 2.75) is 13.0 Å². The van der Waals surface area contributed by atoms with E-state index < -0.39 is 4.92 Å². The highest BCUT2D eigenvalue weighted by atomic mass is 79.9. The summed E-state index contributed by atoms with van der Waals surface area (Å²) in [5.41, 5.74) is -0.0221. The van der Waals surface area contributed by atoms with Gasteiger partial charge in [0.05, 0.1) is 4.92 Å². The standard InChI is InChI=1S/C10H13BrN2O3/c1-7(6-12-2)16-10-5-8(11)3-4-9(10)13(14)15/h3-5,7,12H,6H2,1-2H3. The van der Waals surface area contributed by atoms with Crippen LogP contribution in [-0.2, 0) is 0 Å². The number of hydrogen-bond donors (Lipinski definition) is 1. The molecule has 0 aromatic heterocycles. The van der Waals surface area contributed by atoms with Crippen LogP contribution in [0.15, 0.2) is 22.7 Å². The molecule has 1 unspecified atom stereocenters. The quantitative estimate of drug-likeness (QED) is 0.667. The highest BCUT2D eigenvalue weighted by molar-refractivity contribution is 9.10. The van der Waals surface area contributed by atoms with Crippen LogP contribution < -0.4 is 10.1 Å². The van der Waals surface area contributed by atoms with Crippen LogP contribution in [0.4, 0.5) is 5.69 Å². The molecule has 0 fully saturated rings. The third kappa shape index (κ3) is 3.46. The Kier molecular flexibility index (Phi) is 4.70. The lowest BCUT2D eigenvalue weighted by Crippen LogP contribution is -2.26. The highest BCUT2D eigenvalue weighted by Gasteiger charge is 2.17. The molecule has 1 rings (SSSR count). The van der Waals surface area contributed by atoms with Crippen LogP contribution in [0.25, 0.3) is 0 Å². The van der Waals surface area contributed by atoms with E-state index in [9.17, 15) is 10.1 Å². The van der Waals surface area contributed by atoms with Crippen molar-refractivity contribution in [1.82, 2.24) is 5.32 Å². The smallest absolute Gasteiger partial charge is 0.311 e. The molecule has 1 aromatic rings. The molecule has 0 radical (unpaired) electrons. The Labute approximate surface area is 102 Å². The third-order valence-corrected chi connectivity index (χ3v) is 2.43. The summed E-state index contributed by atoms with van der Waals surface area (Å²) in [6.45, 7) is 2.48. The molecule has 0 aliphatic rings. The number of nitrogens with one attached hydrogen (secondary N) is 1. The summed E-state index contributed by atoms with van der Waals surface area (Å²) in [5.74, 6) is 0.280. The van der Waals surface area contributed by atoms with Crippen molar-refractivity contribution in [1.29, 1.82) is 0 Å². The summed E-state index contributed by atoms with van der Waals surface area (Å²) < 4.78 is 6.25. The van der Waals surface area contributed by atoms with Crippen LogP contribution in [0, 0.1) is 10.1 Å². The van der Waals surface area contributed by atoms with E-state index >= 15 is 0 Å². The molecule has 1 atom stereocenters. The molecule has 1 N–H and O–H groups in total. The normalized spacial score (nSPS) is 12.2. The molecule has 0 spiro atoms. The van der Waals surface area contributed by atoms with E-state index in [0.29, 0.717) is 6.54 Å². The Morgan fingerprint density at radius 2 is 2.31 bits per heavy atom. The number of nitro benzene ring substituents is 1. The number of rotatable bonds is 5. The van der Waals surface area contributed by atoms with Crippen LogP contribution in [0.2, 0.25) is 0 Å². The van der Waals surface area contributed by atoms with Crippen molar-refractivity contribution < 1.29 is 9.66 Å². The minimum Gasteiger partial charge on any atom is -0.482 e. The van der Waals surface area contributed by atoms with Gasteiger partial charge in [0.15, 0.2) is 5.75 Å². The number of benzene rings is 1. The fraction of sp³-hybridized carbons (Fsp3) is 0.400. The number of nitro groups is 1. The molecular formula is C10H13BrN2O3. The van der Waals surface area contributed by atoms with Gasteiger partial charge in [0.1, 0.15) is 6.10 Å². The lowest BCUT2D eigenvalue weighted by molar-refractivity contribution is -0.386. The molecule has 0 aliphatic carbocycles. The average molecular weight is 289 g/mol. The van der Waals surface area contributed by atoms with E-state index in [-0.39, 0.29) is 17.5 Å². The van der Waals surface area contributed by atoms with Gasteiger partial charge in [-0.05, 0) is 20.0 Å². The highest BCUT2D eigenvalue weighted by Crippen LogP contribution is 2.30. The summed E-state index contributed by atoms with van der Waals surface area (Å²) in [5, 5.41) is 13.7. The first-order valence-corrected chi connectivity index (χ1v) is 5.59. The molecule has 88 valence electrons. The fourth-order valence-corrected chi connectivity index (χ4v) is 1.62. The Morgan fingerprint density at radius 3 is 2.88 bits per heavy atom. The van der Waals surface area contributed by atoms with Gasteiger partial charge in [-0.25, -0.2) is 0 Å². The molecule has 0 saturated heterocycles. The van der Waals surface area contributed by atoms with Crippen molar-refractivity contribution in [3.05, 3.63) is 32.8 Å². The zero-order valence-corrected chi connectivity index (χ0v) is 10.7. The van der Waals surface area contributed by atoms with Gasteiger partial charge in [-0.15, -0.1) is 0 Å². The summed E-state index contributed by atoms with van der Waals surface area (Å²) in [4.78, 5) is 10.3. The van der Waals surface area contributed by atoms with Crippen LogP contribution >= 0.6 is 15.9 Å². The summed E-state index contributed by atoms with van der Waals surface area (Å²) in [6.07, 6.45) is -0.127. The molecule has 1 aromatic carbocycles. The fourth-order valence-electron chi connectivity index (χ4n) is 1.28. The van der Waals surface area contributed by atoms with Crippen molar-refractivity contribution >= 4 is 21.6 Å². The summed E-state index contributed by atoms with van der Waals surface area (Å²) >= 11 is 3.26. The Morgan fingerprint density at radius 1 is 1.62 bits per heavy atom. The molecule has 0 bridgehead atoms. The lowest BCUT2D eigenvalue weighted by atomic mass is 10.3. The van der Waals surface area contributed by atoms with Crippen molar-refractivity contribution in [3.63, 3.8) is 0 Å². The molecule has 6 heteroatoms. The molecule has 16 heavy (non-hydrogen) atoms. The number of likely N-dealkylation sites (N-methyl/N-ethyl adjacent to an activating group) is 1. The maximum absolute atomic E-state index is 10.8. The molecule has 0 heterocycles. The van der Waals surface area contributed by atoms with E-state index in [1.54, 1.807) is 19.2 Å². The van der Waals surface area contributed by atoms with E-state index in [0.717, 1.165) is 4.47 Å². The van der Waals surface area contributed by atoms with E-state index in [1.165, 1.54) is 6.07 Å². The molecular weight excluding hydrogens is 276 g/mol. The van der Waals surface area contributed by atoms with Gasteiger partial charge in [-0.1, -0.05) is 15.9 Å². The van der Waals surface area contributed by atoms with Gasteiger partial charge in [-0.3, -0.25) is 10.1 Å². The van der Waals surface area contributed by atoms with Crippen molar-refractivity contribution in [3.8, 4) is 5.75 Å². The number of halogens is 1. The zero-order chi connectivity index (χ0) is 12.1. The van der Waals surface area contributed by atoms with Gasteiger partial charge in [0, 0.05) is 23.2 Å². The Bertz CT molecular complexity index is 384. The average Bonchev–Trinajstić information content (AvgIpc) is 2.17. The second-order valence-corrected chi connectivity index (χ2v) is 4.27. The van der Waals surface area contributed by atoms with Crippen LogP contribution in [0.1, 0.15) is 6.92 Å². The topological polar surface area (TPSA) is 64.4 Å². The first-order valence-electron chi connectivity index (χ1n) is 4.79. The first-order chi connectivity index (χ1) is 7.54. The summed E-state index contributed by atoms with van der Waals surface area (Å²) in [7, 11) is 1.80. The van der Waals surface area contributed by atoms with Gasteiger partial charge in [0.25, 0.3) is 0 Å². The minimum absolute atomic E-state index is 0.0221. The second kappa shape index (κ2) is 5.81. The van der Waals surface area contributed by atoms with Crippen LogP contribution in [-0.4, -0.2) is 24.6 Å². The predicted octanol–water partition coefficient (Wildman–Crippen LogP) is 2.34. The molecule has 5 nitrogen and oxygen atoms in total. The second-order valence-electron chi connectivity index (χ2n) is 3.36. The SMILES string of the molecule is CNCC(C)Oc1cc(Br)ccc1[N+](=O)[O-]. The Balaban J connectivity index is 2.92. The maximum atomic E-state index is 10.8. The third-order valence-electron chi connectivity index (χ3n) is 1.94. The lowest BCUT2D eigenvalue weighted by Gasteiger charge is -2.14. The van der Waals surface area contributed by atoms with Crippen molar-refractivity contribution in [2.75, 3.05) is 13.6 Å². The number of hydrogen-bond acceptors (Lipinski definition) is 4. The Hall–Kier alpha value is -1.14. The maximum Gasteiger partial charge on any atom is 0.311 e. The minimum atomic E-state index is -0.451.